The molecule has 152 valence electrons. The molecule has 1 N–H and O–H groups in total. The molecule has 6 heteroatoms. The molecule has 2 atom stereocenters. The van der Waals surface area contributed by atoms with Crippen molar-refractivity contribution >= 4 is 11.9 Å². The van der Waals surface area contributed by atoms with Crippen LogP contribution in [-0.4, -0.2) is 44.8 Å². The zero-order chi connectivity index (χ0) is 20.2. The van der Waals surface area contributed by atoms with Gasteiger partial charge >= 0.3 is 5.97 Å². The van der Waals surface area contributed by atoms with Crippen LogP contribution in [-0.2, 0) is 16.6 Å². The molecule has 2 aromatic rings. The third kappa shape index (κ3) is 2.88. The first-order chi connectivity index (χ1) is 14.0. The van der Waals surface area contributed by atoms with Crippen molar-refractivity contribution in [1.29, 1.82) is 0 Å². The van der Waals surface area contributed by atoms with Gasteiger partial charge in [-0.05, 0) is 56.6 Å². The van der Waals surface area contributed by atoms with Crippen LogP contribution in [0.3, 0.4) is 0 Å². The van der Waals surface area contributed by atoms with Gasteiger partial charge < -0.3 is 10.0 Å². The maximum absolute atomic E-state index is 13.3. The van der Waals surface area contributed by atoms with E-state index in [4.69, 9.17) is 0 Å². The summed E-state index contributed by atoms with van der Waals surface area (Å²) >= 11 is 0. The Bertz CT molecular complexity index is 973. The van der Waals surface area contributed by atoms with E-state index in [-0.39, 0.29) is 22.9 Å². The van der Waals surface area contributed by atoms with Crippen molar-refractivity contribution in [2.45, 2.75) is 56.9 Å². The Morgan fingerprint density at radius 2 is 1.97 bits per heavy atom. The van der Waals surface area contributed by atoms with Crippen LogP contribution in [0.4, 0.5) is 0 Å². The summed E-state index contributed by atoms with van der Waals surface area (Å²) in [5.41, 5.74) is 3.88. The standard InChI is InChI=1S/C23H27N3O3/c1-15-18(22(28)29)14-24-26(15)17-8-11-25(12-9-17)21(27)20-13-23(20)10-4-6-16-5-2-3-7-19(16)23/h2-3,5,7,14,17,20H,4,6,8-13H2,1H3,(H,28,29). The average Bonchev–Trinajstić information content (AvgIpc) is 3.31. The molecule has 1 aliphatic heterocycles. The number of carbonyl (C=O) groups is 2. The summed E-state index contributed by atoms with van der Waals surface area (Å²) in [5.74, 6) is -0.498. The molecule has 2 unspecified atom stereocenters. The summed E-state index contributed by atoms with van der Waals surface area (Å²) in [6.45, 7) is 3.25. The quantitative estimate of drug-likeness (QED) is 0.868. The van der Waals surface area contributed by atoms with Gasteiger partial charge in [-0.3, -0.25) is 9.48 Å². The topological polar surface area (TPSA) is 75.4 Å². The van der Waals surface area contributed by atoms with Crippen LogP contribution < -0.4 is 0 Å². The van der Waals surface area contributed by atoms with Crippen molar-refractivity contribution in [2.24, 2.45) is 5.92 Å². The smallest absolute Gasteiger partial charge is 0.339 e. The molecule has 6 nitrogen and oxygen atoms in total. The molecule has 5 rings (SSSR count). The zero-order valence-electron chi connectivity index (χ0n) is 16.8. The Labute approximate surface area is 170 Å². The van der Waals surface area contributed by atoms with Crippen molar-refractivity contribution in [3.63, 3.8) is 0 Å². The third-order valence-corrected chi connectivity index (χ3v) is 7.39. The molecule has 2 heterocycles. The van der Waals surface area contributed by atoms with E-state index >= 15 is 0 Å². The van der Waals surface area contributed by atoms with Crippen LogP contribution in [0.5, 0.6) is 0 Å². The molecule has 29 heavy (non-hydrogen) atoms. The number of aromatic nitrogens is 2. The van der Waals surface area contributed by atoms with Gasteiger partial charge in [-0.2, -0.15) is 5.10 Å². The second kappa shape index (κ2) is 6.71. The predicted octanol–water partition coefficient (Wildman–Crippen LogP) is 3.35. The number of carboxylic acid groups (broad SMARTS) is 1. The fourth-order valence-corrected chi connectivity index (χ4v) is 5.71. The number of likely N-dealkylation sites (tertiary alicyclic amines) is 1. The number of hydrogen-bond acceptors (Lipinski definition) is 3. The van der Waals surface area contributed by atoms with E-state index in [1.54, 1.807) is 0 Å². The molecule has 0 radical (unpaired) electrons. The maximum Gasteiger partial charge on any atom is 0.339 e. The number of carbonyl (C=O) groups excluding carboxylic acids is 1. The molecular formula is C23H27N3O3. The lowest BCUT2D eigenvalue weighted by molar-refractivity contribution is -0.134. The van der Waals surface area contributed by atoms with E-state index in [9.17, 15) is 14.7 Å². The Morgan fingerprint density at radius 1 is 1.21 bits per heavy atom. The summed E-state index contributed by atoms with van der Waals surface area (Å²) in [4.78, 5) is 26.6. The van der Waals surface area contributed by atoms with Crippen LogP contribution >= 0.6 is 0 Å². The highest BCUT2D eigenvalue weighted by Crippen LogP contribution is 2.61. The normalized spacial score (nSPS) is 26.4. The highest BCUT2D eigenvalue weighted by Gasteiger charge is 2.60. The zero-order valence-corrected chi connectivity index (χ0v) is 16.8. The number of fused-ring (bicyclic) bond motifs is 2. The van der Waals surface area contributed by atoms with Gasteiger partial charge in [0.05, 0.1) is 17.9 Å². The Kier molecular flexibility index (Phi) is 4.26. The monoisotopic (exact) mass is 393 g/mol. The number of amides is 1. The Balaban J connectivity index is 1.26. The first kappa shape index (κ1) is 18.4. The third-order valence-electron chi connectivity index (χ3n) is 7.39. The summed E-state index contributed by atoms with van der Waals surface area (Å²) in [6.07, 6.45) is 7.50. The predicted molar refractivity (Wildman–Crippen MR) is 108 cm³/mol. The Morgan fingerprint density at radius 3 is 2.69 bits per heavy atom. The van der Waals surface area contributed by atoms with Gasteiger partial charge in [0, 0.05) is 24.4 Å². The second-order valence-corrected chi connectivity index (χ2v) is 8.87. The van der Waals surface area contributed by atoms with Crippen LogP contribution in [0.25, 0.3) is 0 Å². The molecule has 0 bridgehead atoms. The molecular weight excluding hydrogens is 366 g/mol. The molecule has 1 spiro atoms. The lowest BCUT2D eigenvalue weighted by Gasteiger charge is -2.34. The van der Waals surface area contributed by atoms with Gasteiger partial charge in [0.2, 0.25) is 5.91 Å². The second-order valence-electron chi connectivity index (χ2n) is 8.87. The van der Waals surface area contributed by atoms with Crippen molar-refractivity contribution in [2.75, 3.05) is 13.1 Å². The summed E-state index contributed by atoms with van der Waals surface area (Å²) in [7, 11) is 0. The molecule has 2 fully saturated rings. The fourth-order valence-electron chi connectivity index (χ4n) is 5.71. The van der Waals surface area contributed by atoms with Gasteiger partial charge in [0.1, 0.15) is 5.56 Å². The average molecular weight is 393 g/mol. The summed E-state index contributed by atoms with van der Waals surface area (Å²) < 4.78 is 1.83. The molecule has 3 aliphatic rings. The maximum atomic E-state index is 13.3. The van der Waals surface area contributed by atoms with Gasteiger partial charge in [-0.1, -0.05) is 24.3 Å². The van der Waals surface area contributed by atoms with Crippen molar-refractivity contribution in [1.82, 2.24) is 14.7 Å². The molecule has 1 aromatic heterocycles. The molecule has 1 saturated heterocycles. The van der Waals surface area contributed by atoms with Gasteiger partial charge in [-0.25, -0.2) is 4.79 Å². The molecule has 1 aromatic carbocycles. The fraction of sp³-hybridized carbons (Fsp3) is 0.522. The van der Waals surface area contributed by atoms with Gasteiger partial charge in [-0.15, -0.1) is 0 Å². The van der Waals surface area contributed by atoms with Gasteiger partial charge in [0.25, 0.3) is 0 Å². The first-order valence-electron chi connectivity index (χ1n) is 10.7. The van der Waals surface area contributed by atoms with Crippen LogP contribution in [0.15, 0.2) is 30.5 Å². The molecule has 1 saturated carbocycles. The summed E-state index contributed by atoms with van der Waals surface area (Å²) in [6, 6.07) is 8.83. The lowest BCUT2D eigenvalue weighted by atomic mass is 9.78. The minimum Gasteiger partial charge on any atom is -0.478 e. The number of nitrogens with zero attached hydrogens (tertiary/aromatic N) is 3. The highest BCUT2D eigenvalue weighted by atomic mass is 16.4. The van der Waals surface area contributed by atoms with Crippen LogP contribution in [0.2, 0.25) is 0 Å². The number of hydrogen-bond donors (Lipinski definition) is 1. The number of aromatic carboxylic acids is 1. The largest absolute Gasteiger partial charge is 0.478 e. The number of carboxylic acids is 1. The molecule has 2 aliphatic carbocycles. The van der Waals surface area contributed by atoms with Crippen molar-refractivity contribution < 1.29 is 14.7 Å². The van der Waals surface area contributed by atoms with E-state index in [1.165, 1.54) is 23.7 Å². The van der Waals surface area contributed by atoms with E-state index in [0.29, 0.717) is 11.6 Å². The summed E-state index contributed by atoms with van der Waals surface area (Å²) in [5, 5.41) is 13.5. The van der Waals surface area contributed by atoms with E-state index < -0.39 is 5.97 Å². The van der Waals surface area contributed by atoms with Gasteiger partial charge in [0.15, 0.2) is 0 Å². The molecule has 1 amide bonds. The SMILES string of the molecule is Cc1c(C(=O)O)cnn1C1CCN(C(=O)C2CC23CCCc2ccccc23)CC1. The van der Waals surface area contributed by atoms with Crippen LogP contribution in [0.1, 0.15) is 65.3 Å². The Hall–Kier alpha value is -2.63. The number of aryl methyl sites for hydroxylation is 1. The number of rotatable bonds is 3. The van der Waals surface area contributed by atoms with E-state index in [2.05, 4.69) is 29.4 Å². The number of piperidine rings is 1. The van der Waals surface area contributed by atoms with Crippen molar-refractivity contribution in [3.05, 3.63) is 52.8 Å². The van der Waals surface area contributed by atoms with Crippen LogP contribution in [0, 0.1) is 12.8 Å². The van der Waals surface area contributed by atoms with E-state index in [0.717, 1.165) is 45.2 Å². The lowest BCUT2D eigenvalue weighted by Crippen LogP contribution is -2.41. The minimum atomic E-state index is -0.937. The number of benzene rings is 1. The van der Waals surface area contributed by atoms with E-state index in [1.807, 2.05) is 16.5 Å². The first-order valence-corrected chi connectivity index (χ1v) is 10.7. The van der Waals surface area contributed by atoms with Crippen molar-refractivity contribution in [3.8, 4) is 0 Å². The minimum absolute atomic E-state index is 0.0811. The highest BCUT2D eigenvalue weighted by molar-refractivity contribution is 5.88.